The van der Waals surface area contributed by atoms with Gasteiger partial charge in [-0.3, -0.25) is 9.36 Å². The van der Waals surface area contributed by atoms with Crippen molar-refractivity contribution in [1.82, 2.24) is 4.57 Å². The first-order valence-corrected chi connectivity index (χ1v) is 6.62. The maximum absolute atomic E-state index is 11.6. The molecule has 1 rings (SSSR count). The Balaban J connectivity index is 3.07. The lowest BCUT2D eigenvalue weighted by molar-refractivity contribution is 0.757. The van der Waals surface area contributed by atoms with Crippen LogP contribution in [0, 0.1) is 6.92 Å². The Morgan fingerprint density at radius 2 is 2.06 bits per heavy atom. The van der Waals surface area contributed by atoms with Gasteiger partial charge >= 0.3 is 4.87 Å². The summed E-state index contributed by atoms with van der Waals surface area (Å²) in [6, 6.07) is 0. The number of rotatable bonds is 3. The van der Waals surface area contributed by atoms with Crippen LogP contribution < -0.4 is 4.87 Å². The third-order valence-electron chi connectivity index (χ3n) is 1.93. The van der Waals surface area contributed by atoms with E-state index in [-0.39, 0.29) is 17.8 Å². The molecule has 16 heavy (non-hydrogen) atoms. The molecule has 0 aliphatic heterocycles. The highest BCUT2D eigenvalue weighted by Gasteiger charge is 2.24. The Kier molecular flexibility index (Phi) is 4.78. The number of thiazole rings is 1. The number of halogens is 4. The van der Waals surface area contributed by atoms with E-state index in [1.165, 1.54) is 4.57 Å². The summed E-state index contributed by atoms with van der Waals surface area (Å²) < 4.78 is 0.129. The lowest BCUT2D eigenvalue weighted by Gasteiger charge is -2.10. The van der Waals surface area contributed by atoms with Crippen molar-refractivity contribution in [3.63, 3.8) is 0 Å². The predicted molar refractivity (Wildman–Crippen MR) is 72.3 cm³/mol. The summed E-state index contributed by atoms with van der Waals surface area (Å²) >= 11 is 23.8. The van der Waals surface area contributed by atoms with Gasteiger partial charge in [-0.05, 0) is 6.92 Å². The molecule has 90 valence electrons. The van der Waals surface area contributed by atoms with Gasteiger partial charge in [-0.1, -0.05) is 64.3 Å². The fraction of sp³-hybridized carbons (Fsp3) is 0.444. The van der Waals surface area contributed by atoms with Gasteiger partial charge in [-0.2, -0.15) is 0 Å². The van der Waals surface area contributed by atoms with Crippen LogP contribution in [-0.4, -0.2) is 8.36 Å². The van der Waals surface area contributed by atoms with E-state index < -0.39 is 3.79 Å². The van der Waals surface area contributed by atoms with E-state index in [9.17, 15) is 4.79 Å². The van der Waals surface area contributed by atoms with E-state index in [4.69, 9.17) is 46.4 Å². The molecule has 1 heterocycles. The van der Waals surface area contributed by atoms with Crippen molar-refractivity contribution in [2.45, 2.75) is 23.7 Å². The first kappa shape index (κ1) is 14.4. The predicted octanol–water partition coefficient (Wildman–Crippen LogP) is 3.88. The molecule has 2 nitrogen and oxygen atoms in total. The first-order chi connectivity index (χ1) is 7.20. The highest BCUT2D eigenvalue weighted by molar-refractivity contribution is 7.09. The van der Waals surface area contributed by atoms with Crippen LogP contribution in [0.4, 0.5) is 0 Å². The van der Waals surface area contributed by atoms with Crippen molar-refractivity contribution in [1.29, 1.82) is 0 Å². The summed E-state index contributed by atoms with van der Waals surface area (Å²) in [6.07, 6.45) is 0.213. The molecule has 0 unspecified atom stereocenters. The molecule has 0 spiro atoms. The summed E-state index contributed by atoms with van der Waals surface area (Å²) in [7, 11) is 0. The van der Waals surface area contributed by atoms with Crippen LogP contribution in [0.25, 0.3) is 0 Å². The molecule has 0 saturated heterocycles. The molecule has 1 aromatic rings. The van der Waals surface area contributed by atoms with Crippen molar-refractivity contribution < 1.29 is 0 Å². The molecule has 7 heteroatoms. The van der Waals surface area contributed by atoms with Gasteiger partial charge in [0.25, 0.3) is 0 Å². The molecule has 0 bridgehead atoms. The van der Waals surface area contributed by atoms with E-state index in [1.54, 1.807) is 6.92 Å². The maximum atomic E-state index is 11.6. The van der Waals surface area contributed by atoms with Crippen LogP contribution in [0.1, 0.15) is 10.6 Å². The van der Waals surface area contributed by atoms with Crippen LogP contribution in [0.2, 0.25) is 0 Å². The zero-order chi connectivity index (χ0) is 12.5. The lowest BCUT2D eigenvalue weighted by Crippen LogP contribution is -2.14. The Bertz CT molecular complexity index is 457. The van der Waals surface area contributed by atoms with Gasteiger partial charge in [0, 0.05) is 22.0 Å². The highest BCUT2D eigenvalue weighted by Crippen LogP contribution is 2.32. The quantitative estimate of drug-likeness (QED) is 0.775. The summed E-state index contributed by atoms with van der Waals surface area (Å²) in [6.45, 7) is 5.62. The van der Waals surface area contributed by atoms with Crippen molar-refractivity contribution in [2.24, 2.45) is 0 Å². The molecule has 1 aromatic heterocycles. The molecule has 0 aromatic carbocycles. The molecule has 0 N–H and O–H groups in total. The van der Waals surface area contributed by atoms with Crippen LogP contribution >= 0.6 is 57.7 Å². The van der Waals surface area contributed by atoms with Gasteiger partial charge in [-0.15, -0.1) is 0 Å². The Hall–Kier alpha value is 0.330. The van der Waals surface area contributed by atoms with Crippen LogP contribution in [-0.2, 0) is 13.0 Å². The highest BCUT2D eigenvalue weighted by atomic mass is 35.6. The second-order valence-corrected chi connectivity index (χ2v) is 7.37. The maximum Gasteiger partial charge on any atom is 0.307 e. The minimum Gasteiger partial charge on any atom is -0.298 e. The number of nitrogens with zero attached hydrogens (tertiary/aromatic N) is 1. The van der Waals surface area contributed by atoms with Gasteiger partial charge in [0.15, 0.2) is 3.79 Å². The second-order valence-electron chi connectivity index (χ2n) is 3.27. The lowest BCUT2D eigenvalue weighted by atomic mass is 10.3. The van der Waals surface area contributed by atoms with E-state index in [2.05, 4.69) is 6.58 Å². The normalized spacial score (nSPS) is 11.8. The average molecular weight is 321 g/mol. The number of aromatic nitrogens is 1. The largest absolute Gasteiger partial charge is 0.307 e. The van der Waals surface area contributed by atoms with Crippen molar-refractivity contribution >= 4 is 57.7 Å². The zero-order valence-corrected chi connectivity index (χ0v) is 12.2. The number of allylic oxidation sites excluding steroid dienone is 1. The van der Waals surface area contributed by atoms with E-state index >= 15 is 0 Å². The smallest absolute Gasteiger partial charge is 0.298 e. The van der Waals surface area contributed by atoms with Gasteiger partial charge < -0.3 is 0 Å². The third kappa shape index (κ3) is 3.97. The topological polar surface area (TPSA) is 22.0 Å². The summed E-state index contributed by atoms with van der Waals surface area (Å²) in [4.78, 5) is 12.3. The Morgan fingerprint density at radius 1 is 1.50 bits per heavy atom. The van der Waals surface area contributed by atoms with Gasteiger partial charge in [0.2, 0.25) is 0 Å². The Labute approximate surface area is 117 Å². The summed E-state index contributed by atoms with van der Waals surface area (Å²) in [5.41, 5.74) is 0.767. The molecule has 0 atom stereocenters. The molecule has 0 aliphatic carbocycles. The average Bonchev–Trinajstić information content (AvgIpc) is 2.29. The number of hydrogen-bond donors (Lipinski definition) is 0. The first-order valence-electron chi connectivity index (χ1n) is 4.30. The van der Waals surface area contributed by atoms with Crippen molar-refractivity contribution in [3.8, 4) is 0 Å². The minimum atomic E-state index is -1.39. The second kappa shape index (κ2) is 5.32. The standard InChI is InChI=1S/C9H9Cl4NOS/c1-5(10)4-14-6(2)7(16-8(14)15)3-9(11,12)13/h1,3-4H2,2H3. The number of hydrogen-bond acceptors (Lipinski definition) is 2. The van der Waals surface area contributed by atoms with Gasteiger partial charge in [0.1, 0.15) is 0 Å². The molecule has 0 saturated carbocycles. The number of alkyl halides is 3. The fourth-order valence-electron chi connectivity index (χ4n) is 1.22. The summed E-state index contributed by atoms with van der Waals surface area (Å²) in [5, 5.41) is 0.392. The SMILES string of the molecule is C=C(Cl)Cn1c(C)c(CC(Cl)(Cl)Cl)sc1=O. The summed E-state index contributed by atoms with van der Waals surface area (Å²) in [5.74, 6) is 0. The third-order valence-corrected chi connectivity index (χ3v) is 3.53. The molecule has 0 aliphatic rings. The molecule has 0 fully saturated rings. The Morgan fingerprint density at radius 3 is 2.50 bits per heavy atom. The van der Waals surface area contributed by atoms with Gasteiger partial charge in [-0.25, -0.2) is 0 Å². The van der Waals surface area contributed by atoms with Gasteiger partial charge in [0.05, 0.1) is 6.54 Å². The molecular weight excluding hydrogens is 312 g/mol. The van der Waals surface area contributed by atoms with Crippen LogP contribution in [0.15, 0.2) is 16.4 Å². The van der Waals surface area contributed by atoms with Crippen LogP contribution in [0.3, 0.4) is 0 Å². The van der Waals surface area contributed by atoms with E-state index in [0.717, 1.165) is 21.9 Å². The zero-order valence-electron chi connectivity index (χ0n) is 8.40. The van der Waals surface area contributed by atoms with E-state index in [1.807, 2.05) is 0 Å². The van der Waals surface area contributed by atoms with E-state index in [0.29, 0.717) is 5.03 Å². The molecule has 0 amide bonds. The van der Waals surface area contributed by atoms with Crippen LogP contribution in [0.5, 0.6) is 0 Å². The molecular formula is C9H9Cl4NOS. The minimum absolute atomic E-state index is 0.122. The van der Waals surface area contributed by atoms with Crippen molar-refractivity contribution in [2.75, 3.05) is 0 Å². The fourth-order valence-corrected chi connectivity index (χ4v) is 3.05. The van der Waals surface area contributed by atoms with Crippen molar-refractivity contribution in [3.05, 3.63) is 31.8 Å². The monoisotopic (exact) mass is 319 g/mol. The molecule has 0 radical (unpaired) electrons.